The number of hydrogen-bond acceptors (Lipinski definition) is 4. The van der Waals surface area contributed by atoms with Crippen LogP contribution in [0.4, 0.5) is 0 Å². The second kappa shape index (κ2) is 13.4. The molecule has 0 N–H and O–H groups in total. The third-order valence-corrected chi connectivity index (χ3v) is 4.16. The SMILES string of the molecule is CCCC[N+](CC)(CCC)CCOC(=O)c1ccccc1.C[N+](=O)[O-]. The van der Waals surface area contributed by atoms with Crippen LogP contribution < -0.4 is 0 Å². The van der Waals surface area contributed by atoms with Crippen molar-refractivity contribution < 1.29 is 18.9 Å². The average Bonchev–Trinajstić information content (AvgIpc) is 2.60. The van der Waals surface area contributed by atoms with Crippen molar-refractivity contribution in [3.63, 3.8) is 0 Å². The highest BCUT2D eigenvalue weighted by molar-refractivity contribution is 5.89. The molecule has 0 aromatic heterocycles. The molecule has 6 heteroatoms. The molecule has 0 saturated heterocycles. The molecule has 1 aromatic carbocycles. The zero-order chi connectivity index (χ0) is 19.1. The highest BCUT2D eigenvalue weighted by atomic mass is 16.6. The van der Waals surface area contributed by atoms with E-state index in [1.165, 1.54) is 32.4 Å². The molecular formula is C19H33N2O4+. The number of nitrogens with zero attached hydrogens (tertiary/aromatic N) is 2. The van der Waals surface area contributed by atoms with Gasteiger partial charge in [0.25, 0.3) is 0 Å². The van der Waals surface area contributed by atoms with E-state index in [-0.39, 0.29) is 5.97 Å². The average molecular weight is 353 g/mol. The molecule has 0 heterocycles. The topological polar surface area (TPSA) is 69.4 Å². The standard InChI is InChI=1S/C18H30NO2.CH3NO2/c1-4-7-14-19(6-3,13-5-2)15-16-21-18(20)17-11-9-8-10-12-17;1-2(3)4/h8-12H,4-7,13-16H2,1-3H3;1H3/q+1;. The molecule has 0 aliphatic rings. The molecule has 1 rings (SSSR count). The largest absolute Gasteiger partial charge is 0.456 e. The molecule has 6 nitrogen and oxygen atoms in total. The summed E-state index contributed by atoms with van der Waals surface area (Å²) in [5.41, 5.74) is 0.635. The van der Waals surface area contributed by atoms with E-state index < -0.39 is 4.92 Å². The maximum absolute atomic E-state index is 12.0. The Hall–Kier alpha value is -1.95. The van der Waals surface area contributed by atoms with Gasteiger partial charge in [-0.05, 0) is 31.9 Å². The molecule has 1 atom stereocenters. The smallest absolute Gasteiger partial charge is 0.338 e. The second-order valence-corrected chi connectivity index (χ2v) is 6.12. The van der Waals surface area contributed by atoms with Gasteiger partial charge in [0.05, 0.1) is 25.2 Å². The molecule has 0 amide bonds. The third kappa shape index (κ3) is 10.5. The number of carbonyl (C=O) groups is 1. The van der Waals surface area contributed by atoms with Gasteiger partial charge < -0.3 is 9.22 Å². The fraction of sp³-hybridized carbons (Fsp3) is 0.632. The third-order valence-electron chi connectivity index (χ3n) is 4.16. The lowest BCUT2D eigenvalue weighted by Crippen LogP contribution is -2.51. The van der Waals surface area contributed by atoms with Crippen molar-refractivity contribution in [2.45, 2.75) is 40.0 Å². The Morgan fingerprint density at radius 3 is 2.16 bits per heavy atom. The van der Waals surface area contributed by atoms with E-state index in [2.05, 4.69) is 20.8 Å². The van der Waals surface area contributed by atoms with Crippen LogP contribution in [0.2, 0.25) is 0 Å². The van der Waals surface area contributed by atoms with E-state index in [0.29, 0.717) is 12.2 Å². The number of ether oxygens (including phenoxy) is 1. The Morgan fingerprint density at radius 2 is 1.68 bits per heavy atom. The number of esters is 1. The summed E-state index contributed by atoms with van der Waals surface area (Å²) < 4.78 is 6.52. The van der Waals surface area contributed by atoms with Crippen LogP contribution in [0, 0.1) is 10.1 Å². The molecule has 0 spiro atoms. The van der Waals surface area contributed by atoms with Crippen LogP contribution in [0.3, 0.4) is 0 Å². The van der Waals surface area contributed by atoms with Gasteiger partial charge in [-0.3, -0.25) is 10.1 Å². The minimum atomic E-state index is -0.500. The summed E-state index contributed by atoms with van der Waals surface area (Å²) in [6.07, 6.45) is 3.62. The number of rotatable bonds is 10. The van der Waals surface area contributed by atoms with Gasteiger partial charge in [0.1, 0.15) is 13.2 Å². The lowest BCUT2D eigenvalue weighted by Gasteiger charge is -2.37. The highest BCUT2D eigenvalue weighted by Gasteiger charge is 2.24. The lowest BCUT2D eigenvalue weighted by molar-refractivity contribution is -0.926. The predicted octanol–water partition coefficient (Wildman–Crippen LogP) is 3.78. The Labute approximate surface area is 151 Å². The Morgan fingerprint density at radius 1 is 1.08 bits per heavy atom. The maximum Gasteiger partial charge on any atom is 0.338 e. The van der Waals surface area contributed by atoms with E-state index in [0.717, 1.165) is 24.6 Å². The van der Waals surface area contributed by atoms with E-state index in [1.807, 2.05) is 18.2 Å². The fourth-order valence-corrected chi connectivity index (χ4v) is 2.77. The first-order valence-corrected chi connectivity index (χ1v) is 9.06. The second-order valence-electron chi connectivity index (χ2n) is 6.12. The quantitative estimate of drug-likeness (QED) is 0.278. The molecule has 0 radical (unpaired) electrons. The molecule has 0 aliphatic carbocycles. The minimum absolute atomic E-state index is 0.211. The number of carbonyl (C=O) groups excluding carboxylic acids is 1. The number of unbranched alkanes of at least 4 members (excludes halogenated alkanes) is 1. The predicted molar refractivity (Wildman–Crippen MR) is 100 cm³/mol. The summed E-state index contributed by atoms with van der Waals surface area (Å²) in [5, 5.41) is 8.81. The molecule has 0 saturated carbocycles. The Balaban J connectivity index is 0.00000129. The highest BCUT2D eigenvalue weighted by Crippen LogP contribution is 2.11. The first-order chi connectivity index (χ1) is 11.9. The van der Waals surface area contributed by atoms with Gasteiger partial charge in [-0.1, -0.05) is 38.5 Å². The van der Waals surface area contributed by atoms with Crippen molar-refractivity contribution in [2.24, 2.45) is 0 Å². The van der Waals surface area contributed by atoms with Crippen molar-refractivity contribution in [1.82, 2.24) is 0 Å². The molecule has 1 unspecified atom stereocenters. The van der Waals surface area contributed by atoms with Gasteiger partial charge in [0.2, 0.25) is 0 Å². The van der Waals surface area contributed by atoms with Crippen LogP contribution in [0.1, 0.15) is 50.4 Å². The van der Waals surface area contributed by atoms with E-state index in [9.17, 15) is 4.79 Å². The molecule has 0 aliphatic heterocycles. The van der Waals surface area contributed by atoms with Crippen LogP contribution in [0.25, 0.3) is 0 Å². The number of nitro groups is 1. The van der Waals surface area contributed by atoms with Gasteiger partial charge in [0.15, 0.2) is 7.05 Å². The van der Waals surface area contributed by atoms with Crippen LogP contribution in [-0.2, 0) is 4.74 Å². The Kier molecular flexibility index (Phi) is 12.3. The van der Waals surface area contributed by atoms with Crippen molar-refractivity contribution in [3.8, 4) is 0 Å². The molecule has 142 valence electrons. The summed E-state index contributed by atoms with van der Waals surface area (Å²) in [6, 6.07) is 9.23. The van der Waals surface area contributed by atoms with Crippen LogP contribution in [0.5, 0.6) is 0 Å². The van der Waals surface area contributed by atoms with E-state index in [1.54, 1.807) is 12.1 Å². The molecule has 1 aromatic rings. The van der Waals surface area contributed by atoms with Gasteiger partial charge in [-0.15, -0.1) is 0 Å². The first-order valence-electron chi connectivity index (χ1n) is 9.06. The van der Waals surface area contributed by atoms with E-state index in [4.69, 9.17) is 14.9 Å². The lowest BCUT2D eigenvalue weighted by atomic mass is 10.2. The van der Waals surface area contributed by atoms with Crippen LogP contribution in [-0.4, -0.2) is 55.2 Å². The van der Waals surface area contributed by atoms with Crippen molar-refractivity contribution in [2.75, 3.05) is 39.8 Å². The zero-order valence-corrected chi connectivity index (χ0v) is 16.1. The summed E-state index contributed by atoms with van der Waals surface area (Å²) in [6.45, 7) is 11.6. The van der Waals surface area contributed by atoms with Crippen molar-refractivity contribution >= 4 is 5.97 Å². The normalized spacial score (nSPS) is 12.5. The molecular weight excluding hydrogens is 320 g/mol. The van der Waals surface area contributed by atoms with Crippen LogP contribution >= 0.6 is 0 Å². The van der Waals surface area contributed by atoms with Gasteiger partial charge in [0, 0.05) is 4.92 Å². The summed E-state index contributed by atoms with van der Waals surface area (Å²) >= 11 is 0. The number of hydrogen-bond donors (Lipinski definition) is 0. The summed E-state index contributed by atoms with van der Waals surface area (Å²) in [5.74, 6) is -0.211. The van der Waals surface area contributed by atoms with Gasteiger partial charge in [-0.25, -0.2) is 4.79 Å². The summed E-state index contributed by atoms with van der Waals surface area (Å²) in [7, 11) is 0.889. The van der Waals surface area contributed by atoms with Crippen LogP contribution in [0.15, 0.2) is 30.3 Å². The monoisotopic (exact) mass is 353 g/mol. The zero-order valence-electron chi connectivity index (χ0n) is 16.1. The van der Waals surface area contributed by atoms with Gasteiger partial charge in [-0.2, -0.15) is 0 Å². The van der Waals surface area contributed by atoms with E-state index >= 15 is 0 Å². The summed E-state index contributed by atoms with van der Waals surface area (Å²) in [4.78, 5) is 20.3. The van der Waals surface area contributed by atoms with Gasteiger partial charge >= 0.3 is 5.97 Å². The Bertz CT molecular complexity index is 489. The number of quaternary nitrogens is 1. The first kappa shape index (κ1) is 23.1. The molecule has 25 heavy (non-hydrogen) atoms. The molecule has 0 bridgehead atoms. The van der Waals surface area contributed by atoms with Crippen molar-refractivity contribution in [3.05, 3.63) is 46.0 Å². The maximum atomic E-state index is 12.0. The minimum Gasteiger partial charge on any atom is -0.456 e. The number of likely N-dealkylation sites (N-methyl/N-ethyl adjacent to an activating group) is 1. The number of benzene rings is 1. The fourth-order valence-electron chi connectivity index (χ4n) is 2.77. The molecule has 0 fully saturated rings. The van der Waals surface area contributed by atoms with Crippen molar-refractivity contribution in [1.29, 1.82) is 0 Å².